The van der Waals surface area contributed by atoms with E-state index in [-0.39, 0.29) is 37.0 Å². The van der Waals surface area contributed by atoms with Gasteiger partial charge in [0.25, 0.3) is 5.92 Å². The normalized spacial score (nSPS) is 24.8. The summed E-state index contributed by atoms with van der Waals surface area (Å²) in [5.41, 5.74) is 1.76. The van der Waals surface area contributed by atoms with Gasteiger partial charge in [-0.15, -0.1) is 0 Å². The fourth-order valence-electron chi connectivity index (χ4n) is 4.60. The Balaban J connectivity index is 1.63. The minimum Gasteiger partial charge on any atom is -0.299 e. The molecule has 2 saturated heterocycles. The summed E-state index contributed by atoms with van der Waals surface area (Å²) in [7, 11) is 1.72. The van der Waals surface area contributed by atoms with Gasteiger partial charge < -0.3 is 0 Å². The van der Waals surface area contributed by atoms with E-state index in [0.717, 1.165) is 5.39 Å². The first-order valence-corrected chi connectivity index (χ1v) is 10.1. The lowest BCUT2D eigenvalue weighted by Crippen LogP contribution is -2.48. The predicted molar refractivity (Wildman–Crippen MR) is 105 cm³/mol. The number of piperidine rings is 2. The van der Waals surface area contributed by atoms with Crippen molar-refractivity contribution < 1.29 is 23.2 Å². The molecule has 0 saturated carbocycles. The molecule has 2 atom stereocenters. The molecule has 2 aliphatic rings. The summed E-state index contributed by atoms with van der Waals surface area (Å²) >= 11 is 0. The van der Waals surface area contributed by atoms with Gasteiger partial charge >= 0.3 is 0 Å². The minimum absolute atomic E-state index is 0.0401. The van der Waals surface area contributed by atoms with E-state index in [1.165, 1.54) is 11.8 Å². The molecule has 4 rings (SSSR count). The number of nitrogens with one attached hydrogen (secondary N) is 1. The molecule has 2 amide bonds. The summed E-state index contributed by atoms with van der Waals surface area (Å²) in [5.74, 6) is -5.22. The number of rotatable bonds is 4. The number of amides is 2. The number of fused-ring (bicyclic) bond motifs is 1. The average molecular weight is 418 g/mol. The van der Waals surface area contributed by atoms with Gasteiger partial charge in [0.1, 0.15) is 5.78 Å². The molecule has 2 aromatic rings. The topological polar surface area (TPSA) is 84.3 Å². The highest BCUT2D eigenvalue weighted by Crippen LogP contribution is 2.41. The highest BCUT2D eigenvalue weighted by atomic mass is 19.3. The molecule has 160 valence electrons. The van der Waals surface area contributed by atoms with Crippen LogP contribution in [0, 0.1) is 0 Å². The van der Waals surface area contributed by atoms with Gasteiger partial charge in [0.2, 0.25) is 11.8 Å². The lowest BCUT2D eigenvalue weighted by molar-refractivity contribution is -0.134. The molecule has 1 N–H and O–H groups in total. The van der Waals surface area contributed by atoms with Crippen molar-refractivity contribution in [2.24, 2.45) is 7.05 Å². The van der Waals surface area contributed by atoms with Crippen molar-refractivity contribution >= 4 is 28.5 Å². The van der Waals surface area contributed by atoms with Crippen molar-refractivity contribution in [1.82, 2.24) is 20.0 Å². The van der Waals surface area contributed by atoms with E-state index < -0.39 is 24.3 Å². The first-order valence-electron chi connectivity index (χ1n) is 10.1. The monoisotopic (exact) mass is 418 g/mol. The molecule has 1 aromatic heterocycles. The summed E-state index contributed by atoms with van der Waals surface area (Å²) in [6, 6.07) is 5.14. The number of Topliss-reactive ketones (excluding diaryl/α,β-unsaturated/α-hetero) is 1. The van der Waals surface area contributed by atoms with Crippen LogP contribution in [0.3, 0.4) is 0 Å². The minimum atomic E-state index is -2.95. The average Bonchev–Trinajstić information content (AvgIpc) is 2.96. The molecule has 0 aliphatic carbocycles. The van der Waals surface area contributed by atoms with E-state index in [2.05, 4.69) is 10.4 Å². The Labute approximate surface area is 172 Å². The molecule has 7 nitrogen and oxygen atoms in total. The van der Waals surface area contributed by atoms with Crippen molar-refractivity contribution in [1.29, 1.82) is 0 Å². The van der Waals surface area contributed by atoms with Crippen molar-refractivity contribution in [3.63, 3.8) is 0 Å². The Hall–Kier alpha value is -2.68. The fourth-order valence-corrected chi connectivity index (χ4v) is 4.60. The molecule has 0 bridgehead atoms. The maximum Gasteiger partial charge on any atom is 0.267 e. The van der Waals surface area contributed by atoms with Crippen LogP contribution in [0.4, 0.5) is 8.78 Å². The van der Waals surface area contributed by atoms with Gasteiger partial charge in [0.05, 0.1) is 36.1 Å². The second-order valence-electron chi connectivity index (χ2n) is 8.30. The van der Waals surface area contributed by atoms with Crippen LogP contribution in [-0.2, 0) is 21.4 Å². The summed E-state index contributed by atoms with van der Waals surface area (Å²) in [6.45, 7) is 1.44. The zero-order chi connectivity index (χ0) is 21.6. The number of alkyl halides is 2. The van der Waals surface area contributed by atoms with Crippen molar-refractivity contribution in [2.45, 2.75) is 43.9 Å². The largest absolute Gasteiger partial charge is 0.299 e. The first-order chi connectivity index (χ1) is 14.2. The quantitative estimate of drug-likeness (QED) is 0.769. The van der Waals surface area contributed by atoms with E-state index in [0.29, 0.717) is 29.7 Å². The molecule has 1 aromatic carbocycles. The van der Waals surface area contributed by atoms with Crippen LogP contribution in [-0.4, -0.2) is 57.8 Å². The third-order valence-electron chi connectivity index (χ3n) is 6.00. The molecule has 2 aliphatic heterocycles. The Morgan fingerprint density at radius 3 is 2.73 bits per heavy atom. The van der Waals surface area contributed by atoms with Gasteiger partial charge in [-0.05, 0) is 37.9 Å². The summed E-state index contributed by atoms with van der Waals surface area (Å²) in [4.78, 5) is 36.5. The van der Waals surface area contributed by atoms with E-state index in [1.807, 2.05) is 0 Å². The summed E-state index contributed by atoms with van der Waals surface area (Å²) < 4.78 is 31.4. The summed E-state index contributed by atoms with van der Waals surface area (Å²) in [6.07, 6.45) is 0.881. The lowest BCUT2D eigenvalue weighted by atomic mass is 9.85. The van der Waals surface area contributed by atoms with Crippen LogP contribution >= 0.6 is 0 Å². The highest BCUT2D eigenvalue weighted by Gasteiger charge is 2.45. The number of nitrogens with zero attached hydrogens (tertiary/aromatic N) is 3. The molecule has 0 spiro atoms. The zero-order valence-electron chi connectivity index (χ0n) is 17.0. The first kappa shape index (κ1) is 20.6. The van der Waals surface area contributed by atoms with Gasteiger partial charge in [-0.3, -0.25) is 29.3 Å². The van der Waals surface area contributed by atoms with E-state index >= 15 is 0 Å². The SMILES string of the molecule is CC(=O)CN1CCC(c2ccc3c(C4CCC(=O)NC4=O)nn(C)c3c2)C(F)(F)C1. The number of likely N-dealkylation sites (tertiary alicyclic amines) is 1. The Morgan fingerprint density at radius 1 is 1.30 bits per heavy atom. The Morgan fingerprint density at radius 2 is 2.07 bits per heavy atom. The van der Waals surface area contributed by atoms with Gasteiger partial charge in [0.15, 0.2) is 0 Å². The second kappa shape index (κ2) is 7.54. The number of hydrogen-bond acceptors (Lipinski definition) is 5. The van der Waals surface area contributed by atoms with Crippen molar-refractivity contribution in [3.05, 3.63) is 29.5 Å². The van der Waals surface area contributed by atoms with Crippen LogP contribution in [0.2, 0.25) is 0 Å². The Kier molecular flexibility index (Phi) is 5.17. The number of carbonyl (C=O) groups is 3. The molecule has 30 heavy (non-hydrogen) atoms. The number of aromatic nitrogens is 2. The lowest BCUT2D eigenvalue weighted by Gasteiger charge is -2.38. The third-order valence-corrected chi connectivity index (χ3v) is 6.00. The zero-order valence-corrected chi connectivity index (χ0v) is 17.0. The molecular weight excluding hydrogens is 394 g/mol. The molecular formula is C21H24F2N4O3. The number of aryl methyl sites for hydroxylation is 1. The molecule has 3 heterocycles. The van der Waals surface area contributed by atoms with Crippen LogP contribution in [0.5, 0.6) is 0 Å². The van der Waals surface area contributed by atoms with Crippen LogP contribution in [0.15, 0.2) is 18.2 Å². The van der Waals surface area contributed by atoms with Crippen LogP contribution in [0.25, 0.3) is 10.9 Å². The van der Waals surface area contributed by atoms with Crippen LogP contribution in [0.1, 0.15) is 49.3 Å². The van der Waals surface area contributed by atoms with Gasteiger partial charge in [0, 0.05) is 18.9 Å². The maximum atomic E-state index is 14.9. The maximum absolute atomic E-state index is 14.9. The van der Waals surface area contributed by atoms with Crippen molar-refractivity contribution in [3.8, 4) is 0 Å². The second-order valence-corrected chi connectivity index (χ2v) is 8.30. The van der Waals surface area contributed by atoms with Gasteiger partial charge in [-0.25, -0.2) is 8.78 Å². The fraction of sp³-hybridized carbons (Fsp3) is 0.524. The van der Waals surface area contributed by atoms with Crippen LogP contribution < -0.4 is 5.32 Å². The number of halogens is 2. The summed E-state index contributed by atoms with van der Waals surface area (Å²) in [5, 5.41) is 7.54. The number of ketones is 1. The van der Waals surface area contributed by atoms with E-state index in [9.17, 15) is 23.2 Å². The van der Waals surface area contributed by atoms with E-state index in [4.69, 9.17) is 0 Å². The molecule has 0 radical (unpaired) electrons. The smallest absolute Gasteiger partial charge is 0.267 e. The molecule has 2 fully saturated rings. The van der Waals surface area contributed by atoms with Crippen molar-refractivity contribution in [2.75, 3.05) is 19.6 Å². The number of benzene rings is 1. The van der Waals surface area contributed by atoms with E-state index in [1.54, 1.807) is 29.9 Å². The molecule has 2 unspecified atom stereocenters. The number of imide groups is 1. The third kappa shape index (κ3) is 3.74. The standard InChI is InChI=1S/C21H24F2N4O3/c1-12(28)10-27-8-7-16(21(22,23)11-27)13-3-4-14-17(9-13)26(2)25-19(14)15-5-6-18(29)24-20(15)30/h3-4,9,15-16H,5-8,10-11H2,1-2H3,(H,24,29,30). The van der Waals surface area contributed by atoms with Gasteiger partial charge in [-0.1, -0.05) is 12.1 Å². The molecule has 9 heteroatoms. The Bertz CT molecular complexity index is 1030. The van der Waals surface area contributed by atoms with Gasteiger partial charge in [-0.2, -0.15) is 5.10 Å². The highest BCUT2D eigenvalue weighted by molar-refractivity contribution is 6.02. The number of hydrogen-bond donors (Lipinski definition) is 1. The number of carbonyl (C=O) groups excluding carboxylic acids is 3. The predicted octanol–water partition coefficient (Wildman–Crippen LogP) is 2.11.